The lowest BCUT2D eigenvalue weighted by Crippen LogP contribution is -2.53. The summed E-state index contributed by atoms with van der Waals surface area (Å²) < 4.78 is 29.9. The van der Waals surface area contributed by atoms with Crippen LogP contribution in [0.3, 0.4) is 0 Å². The van der Waals surface area contributed by atoms with E-state index in [4.69, 9.17) is 23.2 Å². The lowest BCUT2D eigenvalue weighted by Gasteiger charge is -2.34. The van der Waals surface area contributed by atoms with E-state index in [1.165, 1.54) is 17.0 Å². The molecule has 4 rings (SSSR count). The maximum absolute atomic E-state index is 14.4. The van der Waals surface area contributed by atoms with E-state index in [-0.39, 0.29) is 23.8 Å². The van der Waals surface area contributed by atoms with Gasteiger partial charge in [-0.15, -0.1) is 0 Å². The molecule has 4 aromatic rings. The molecule has 0 fully saturated rings. The van der Waals surface area contributed by atoms with Crippen LogP contribution in [0.15, 0.2) is 108 Å². The monoisotopic (exact) mass is 749 g/mol. The zero-order chi connectivity index (χ0) is 31.0. The van der Waals surface area contributed by atoms with Gasteiger partial charge in [-0.3, -0.25) is 13.9 Å². The quantitative estimate of drug-likeness (QED) is 0.166. The van der Waals surface area contributed by atoms with Crippen molar-refractivity contribution in [3.63, 3.8) is 0 Å². The van der Waals surface area contributed by atoms with E-state index in [1.807, 2.05) is 30.3 Å². The number of anilines is 1. The molecule has 0 aliphatic rings. The molecule has 0 unspecified atom stereocenters. The van der Waals surface area contributed by atoms with Crippen molar-refractivity contribution in [2.24, 2.45) is 0 Å². The van der Waals surface area contributed by atoms with E-state index in [1.54, 1.807) is 67.6 Å². The Balaban J connectivity index is 1.82. The molecule has 224 valence electrons. The van der Waals surface area contributed by atoms with Crippen molar-refractivity contribution in [2.75, 3.05) is 17.4 Å². The molecule has 0 aliphatic heterocycles. The molecule has 7 nitrogen and oxygen atoms in total. The van der Waals surface area contributed by atoms with Crippen molar-refractivity contribution in [3.05, 3.63) is 128 Å². The molecule has 0 aromatic heterocycles. The van der Waals surface area contributed by atoms with Crippen LogP contribution in [0.4, 0.5) is 5.69 Å². The van der Waals surface area contributed by atoms with Gasteiger partial charge < -0.3 is 10.2 Å². The van der Waals surface area contributed by atoms with Gasteiger partial charge in [0.05, 0.1) is 10.6 Å². The molecule has 1 N–H and O–H groups in total. The molecule has 2 amide bonds. The SMILES string of the molecule is CCNC(=O)[C@H](Cc1ccccc1)N(Cc1c(Cl)cccc1Cl)C(=O)CN(c1ccc(I)cc1)S(=O)(=O)c1ccccc1. The number of carbonyl (C=O) groups is 2. The first-order valence-corrected chi connectivity index (χ1v) is 16.8. The Morgan fingerprint density at radius 1 is 0.837 bits per heavy atom. The van der Waals surface area contributed by atoms with Crippen LogP contribution >= 0.6 is 45.8 Å². The smallest absolute Gasteiger partial charge is 0.264 e. The number of halogens is 3. The van der Waals surface area contributed by atoms with Crippen molar-refractivity contribution in [1.29, 1.82) is 0 Å². The van der Waals surface area contributed by atoms with Gasteiger partial charge in [0.1, 0.15) is 12.6 Å². The number of benzene rings is 4. The predicted molar refractivity (Wildman–Crippen MR) is 180 cm³/mol. The fourth-order valence-electron chi connectivity index (χ4n) is 4.56. The van der Waals surface area contributed by atoms with Gasteiger partial charge in [0.2, 0.25) is 11.8 Å². The van der Waals surface area contributed by atoms with Crippen molar-refractivity contribution >= 4 is 73.3 Å². The number of sulfonamides is 1. The minimum absolute atomic E-state index is 0.0339. The zero-order valence-corrected chi connectivity index (χ0v) is 27.8. The summed E-state index contributed by atoms with van der Waals surface area (Å²) >= 11 is 15.2. The molecule has 0 radical (unpaired) electrons. The summed E-state index contributed by atoms with van der Waals surface area (Å²) in [6.45, 7) is 1.46. The third kappa shape index (κ3) is 8.29. The maximum Gasteiger partial charge on any atom is 0.264 e. The van der Waals surface area contributed by atoms with Crippen LogP contribution in [0, 0.1) is 3.57 Å². The van der Waals surface area contributed by atoms with Gasteiger partial charge in [-0.2, -0.15) is 0 Å². The summed E-state index contributed by atoms with van der Waals surface area (Å²) in [5.74, 6) is -0.976. The predicted octanol–water partition coefficient (Wildman–Crippen LogP) is 6.57. The highest BCUT2D eigenvalue weighted by molar-refractivity contribution is 14.1. The third-order valence-electron chi connectivity index (χ3n) is 6.74. The van der Waals surface area contributed by atoms with Crippen LogP contribution in [-0.4, -0.2) is 44.3 Å². The average Bonchev–Trinajstić information content (AvgIpc) is 3.00. The summed E-state index contributed by atoms with van der Waals surface area (Å²) in [7, 11) is -4.17. The first kappa shape index (κ1) is 32.8. The van der Waals surface area contributed by atoms with E-state index < -0.39 is 28.5 Å². The van der Waals surface area contributed by atoms with E-state index in [2.05, 4.69) is 27.9 Å². The molecule has 11 heteroatoms. The normalized spacial score (nSPS) is 11.9. The van der Waals surface area contributed by atoms with Crippen LogP contribution in [0.2, 0.25) is 10.0 Å². The summed E-state index contributed by atoms with van der Waals surface area (Å²) in [6.07, 6.45) is 0.190. The van der Waals surface area contributed by atoms with Gasteiger partial charge in [-0.25, -0.2) is 8.42 Å². The number of amides is 2. The Morgan fingerprint density at radius 2 is 1.42 bits per heavy atom. The Morgan fingerprint density at radius 3 is 2.00 bits per heavy atom. The van der Waals surface area contributed by atoms with E-state index in [9.17, 15) is 18.0 Å². The second kappa shape index (κ2) is 15.1. The molecule has 43 heavy (non-hydrogen) atoms. The summed E-state index contributed by atoms with van der Waals surface area (Å²) in [4.78, 5) is 29.4. The second-order valence-electron chi connectivity index (χ2n) is 9.62. The maximum atomic E-state index is 14.4. The number of rotatable bonds is 12. The highest BCUT2D eigenvalue weighted by Gasteiger charge is 2.35. The standard InChI is InChI=1S/C32H30Cl2IN3O4S/c1-2-36-32(40)30(20-23-10-5-3-6-11-23)37(21-27-28(33)14-9-15-29(27)34)31(39)22-38(25-18-16-24(35)17-19-25)43(41,42)26-12-7-4-8-13-26/h3-19,30H,2,20-22H2,1H3,(H,36,40)/t30-/m0/s1. The van der Waals surface area contributed by atoms with Crippen LogP contribution in [0.5, 0.6) is 0 Å². The molecule has 4 aromatic carbocycles. The molecule has 1 atom stereocenters. The van der Waals surface area contributed by atoms with Crippen LogP contribution in [-0.2, 0) is 32.6 Å². The third-order valence-corrected chi connectivity index (χ3v) is 9.95. The lowest BCUT2D eigenvalue weighted by molar-refractivity contribution is -0.140. The fourth-order valence-corrected chi connectivity index (χ4v) is 6.87. The summed E-state index contributed by atoms with van der Waals surface area (Å²) in [6, 6.07) is 28.1. The number of carbonyl (C=O) groups excluding carboxylic acids is 2. The van der Waals surface area contributed by atoms with Gasteiger partial charge in [0.25, 0.3) is 10.0 Å². The average molecular weight is 750 g/mol. The van der Waals surface area contributed by atoms with E-state index >= 15 is 0 Å². The molecular formula is C32H30Cl2IN3O4S. The Kier molecular flexibility index (Phi) is 11.5. The minimum atomic E-state index is -4.17. The van der Waals surface area contributed by atoms with E-state index in [0.717, 1.165) is 13.4 Å². The molecule has 0 saturated heterocycles. The zero-order valence-electron chi connectivity index (χ0n) is 23.3. The van der Waals surface area contributed by atoms with E-state index in [0.29, 0.717) is 27.8 Å². The van der Waals surface area contributed by atoms with Crippen molar-refractivity contribution in [3.8, 4) is 0 Å². The highest BCUT2D eigenvalue weighted by Crippen LogP contribution is 2.29. The van der Waals surface area contributed by atoms with Gasteiger partial charge in [-0.05, 0) is 83.6 Å². The van der Waals surface area contributed by atoms with Crippen molar-refractivity contribution in [2.45, 2.75) is 30.8 Å². The molecule has 0 heterocycles. The van der Waals surface area contributed by atoms with Gasteiger partial charge >= 0.3 is 0 Å². The van der Waals surface area contributed by atoms with Gasteiger partial charge in [-0.1, -0.05) is 77.8 Å². The van der Waals surface area contributed by atoms with Crippen molar-refractivity contribution in [1.82, 2.24) is 10.2 Å². The fraction of sp³-hybridized carbons (Fsp3) is 0.188. The molecular weight excluding hydrogens is 720 g/mol. The molecule has 0 spiro atoms. The number of hydrogen-bond acceptors (Lipinski definition) is 4. The topological polar surface area (TPSA) is 86.8 Å². The van der Waals surface area contributed by atoms with Crippen molar-refractivity contribution < 1.29 is 18.0 Å². The number of likely N-dealkylation sites (N-methyl/N-ethyl adjacent to an activating group) is 1. The lowest BCUT2D eigenvalue weighted by atomic mass is 10.0. The Hall–Kier alpha value is -3.12. The van der Waals surface area contributed by atoms with Gasteiger partial charge in [0.15, 0.2) is 0 Å². The van der Waals surface area contributed by atoms with Gasteiger partial charge in [0, 0.05) is 38.7 Å². The molecule has 0 aliphatic carbocycles. The van der Waals surface area contributed by atoms with Crippen LogP contribution in [0.25, 0.3) is 0 Å². The number of nitrogens with one attached hydrogen (secondary N) is 1. The number of nitrogens with zero attached hydrogens (tertiary/aromatic N) is 2. The van der Waals surface area contributed by atoms with Crippen LogP contribution in [0.1, 0.15) is 18.1 Å². The number of hydrogen-bond donors (Lipinski definition) is 1. The minimum Gasteiger partial charge on any atom is -0.355 e. The molecule has 0 saturated carbocycles. The second-order valence-corrected chi connectivity index (χ2v) is 13.5. The Labute approximate surface area is 276 Å². The highest BCUT2D eigenvalue weighted by atomic mass is 127. The first-order chi connectivity index (χ1) is 20.6. The Bertz CT molecular complexity index is 1640. The largest absolute Gasteiger partial charge is 0.355 e. The molecule has 0 bridgehead atoms. The van der Waals surface area contributed by atoms with Crippen LogP contribution < -0.4 is 9.62 Å². The summed E-state index contributed by atoms with van der Waals surface area (Å²) in [5, 5.41) is 3.48. The first-order valence-electron chi connectivity index (χ1n) is 13.5. The summed E-state index contributed by atoms with van der Waals surface area (Å²) in [5.41, 5.74) is 1.59.